The van der Waals surface area contributed by atoms with Gasteiger partial charge >= 0.3 is 0 Å². The maximum absolute atomic E-state index is 13.0. The highest BCUT2D eigenvalue weighted by atomic mass is 32.2. The maximum atomic E-state index is 13.0. The standard InChI is InChI=1S/C23H21N4O4S/c1-15-7-6-8-17(13-15)32(28,29)27-23-22(24-18-9-4-5-10-19(18)25-23)26-20-12-11-16(30-2)14-21(20)31-3/h4-14H,1-3H3,(H-,24,25,26,27)/q-1. The number of nitrogens with one attached hydrogen (secondary N) is 1. The van der Waals surface area contributed by atoms with Crippen LogP contribution in [0, 0.1) is 6.92 Å². The summed E-state index contributed by atoms with van der Waals surface area (Å²) in [5, 5.41) is 3.11. The van der Waals surface area contributed by atoms with E-state index in [-0.39, 0.29) is 16.5 Å². The Balaban J connectivity index is 1.79. The summed E-state index contributed by atoms with van der Waals surface area (Å²) in [5.74, 6) is 1.24. The molecule has 0 fully saturated rings. The zero-order valence-corrected chi connectivity index (χ0v) is 18.6. The second-order valence-corrected chi connectivity index (χ2v) is 8.56. The molecule has 4 rings (SSSR count). The SMILES string of the molecule is COc1ccc(Nc2nc3ccccc3nc2[N-]S(=O)(=O)c2cccc(C)c2)c(OC)c1. The largest absolute Gasteiger partial charge is 0.497 e. The van der Waals surface area contributed by atoms with Crippen molar-refractivity contribution >= 4 is 38.4 Å². The zero-order valence-electron chi connectivity index (χ0n) is 17.7. The third-order valence-corrected chi connectivity index (χ3v) is 5.97. The third-order valence-electron chi connectivity index (χ3n) is 4.71. The van der Waals surface area contributed by atoms with Gasteiger partial charge in [-0.05, 0) is 54.2 Å². The molecule has 9 heteroatoms. The lowest BCUT2D eigenvalue weighted by molar-refractivity contribution is 0.395. The first-order valence-electron chi connectivity index (χ1n) is 9.70. The fourth-order valence-electron chi connectivity index (χ4n) is 3.11. The molecule has 0 aliphatic rings. The number of ether oxygens (including phenoxy) is 2. The fraction of sp³-hybridized carbons (Fsp3) is 0.130. The van der Waals surface area contributed by atoms with Crippen LogP contribution in [0.1, 0.15) is 5.56 Å². The molecule has 1 N–H and O–H groups in total. The van der Waals surface area contributed by atoms with E-state index in [0.717, 1.165) is 5.56 Å². The Labute approximate surface area is 186 Å². The van der Waals surface area contributed by atoms with E-state index in [9.17, 15) is 8.42 Å². The molecule has 32 heavy (non-hydrogen) atoms. The van der Waals surface area contributed by atoms with Crippen LogP contribution in [0.5, 0.6) is 11.5 Å². The van der Waals surface area contributed by atoms with Gasteiger partial charge in [0.2, 0.25) is 10.0 Å². The second kappa shape index (κ2) is 8.72. The number of benzene rings is 3. The first kappa shape index (κ1) is 21.4. The number of sulfonamides is 1. The van der Waals surface area contributed by atoms with Gasteiger partial charge in [0.05, 0.1) is 30.3 Å². The quantitative estimate of drug-likeness (QED) is 0.419. The Morgan fingerprint density at radius 2 is 1.62 bits per heavy atom. The second-order valence-electron chi connectivity index (χ2n) is 6.96. The first-order chi connectivity index (χ1) is 15.4. The summed E-state index contributed by atoms with van der Waals surface area (Å²) in [4.78, 5) is 9.11. The van der Waals surface area contributed by atoms with E-state index in [1.54, 1.807) is 55.6 Å². The minimum Gasteiger partial charge on any atom is -0.497 e. The van der Waals surface area contributed by atoms with Crippen LogP contribution in [0.4, 0.5) is 17.3 Å². The molecule has 164 valence electrons. The number of hydrogen-bond donors (Lipinski definition) is 1. The molecule has 3 aromatic carbocycles. The predicted octanol–water partition coefficient (Wildman–Crippen LogP) is 5.09. The van der Waals surface area contributed by atoms with Crippen LogP contribution in [0.3, 0.4) is 0 Å². The summed E-state index contributed by atoms with van der Waals surface area (Å²) in [6.45, 7) is 1.82. The number of nitrogens with zero attached hydrogens (tertiary/aromatic N) is 3. The lowest BCUT2D eigenvalue weighted by Gasteiger charge is -2.22. The number of hydrogen-bond acceptors (Lipinski definition) is 7. The number of methoxy groups -OCH3 is 2. The van der Waals surface area contributed by atoms with Crippen LogP contribution in [0.2, 0.25) is 0 Å². The Bertz CT molecular complexity index is 1390. The number of anilines is 2. The van der Waals surface area contributed by atoms with Crippen molar-refractivity contribution in [2.75, 3.05) is 19.5 Å². The van der Waals surface area contributed by atoms with E-state index < -0.39 is 10.0 Å². The fourth-order valence-corrected chi connectivity index (χ4v) is 4.16. The molecule has 8 nitrogen and oxygen atoms in total. The van der Waals surface area contributed by atoms with E-state index in [2.05, 4.69) is 20.0 Å². The first-order valence-corrected chi connectivity index (χ1v) is 11.1. The molecule has 0 saturated heterocycles. The summed E-state index contributed by atoms with van der Waals surface area (Å²) in [6, 6.07) is 18.9. The van der Waals surface area contributed by atoms with E-state index in [1.165, 1.54) is 13.2 Å². The maximum Gasteiger partial charge on any atom is 0.202 e. The number of para-hydroxylation sites is 2. The smallest absolute Gasteiger partial charge is 0.202 e. The molecule has 4 aromatic rings. The van der Waals surface area contributed by atoms with Crippen LogP contribution in [0.25, 0.3) is 15.8 Å². The average Bonchev–Trinajstić information content (AvgIpc) is 2.79. The van der Waals surface area contributed by atoms with Gasteiger partial charge in [0.15, 0.2) is 0 Å². The minimum absolute atomic E-state index is 0.0527. The number of aromatic nitrogens is 2. The zero-order chi connectivity index (χ0) is 22.7. The van der Waals surface area contributed by atoms with Gasteiger partial charge in [0, 0.05) is 6.07 Å². The predicted molar refractivity (Wildman–Crippen MR) is 124 cm³/mol. The molecule has 0 atom stereocenters. The molecule has 0 saturated carbocycles. The van der Waals surface area contributed by atoms with Crippen LogP contribution >= 0.6 is 0 Å². The summed E-state index contributed by atoms with van der Waals surface area (Å²) in [7, 11) is -0.928. The van der Waals surface area contributed by atoms with Crippen molar-refractivity contribution in [1.29, 1.82) is 0 Å². The van der Waals surface area contributed by atoms with Gasteiger partial charge < -0.3 is 24.5 Å². The van der Waals surface area contributed by atoms with Gasteiger partial charge in [0.1, 0.15) is 17.3 Å². The molecule has 0 unspecified atom stereocenters. The highest BCUT2D eigenvalue weighted by Gasteiger charge is 2.14. The van der Waals surface area contributed by atoms with E-state index in [4.69, 9.17) is 9.47 Å². The summed E-state index contributed by atoms with van der Waals surface area (Å²) in [6.07, 6.45) is 0. The minimum atomic E-state index is -4.01. The highest BCUT2D eigenvalue weighted by molar-refractivity contribution is 7.94. The van der Waals surface area contributed by atoms with E-state index in [1.807, 2.05) is 19.1 Å². The van der Waals surface area contributed by atoms with Crippen molar-refractivity contribution in [3.63, 3.8) is 0 Å². The van der Waals surface area contributed by atoms with Crippen LogP contribution in [-0.2, 0) is 10.0 Å². The molecule has 0 bridgehead atoms. The number of aryl methyl sites for hydroxylation is 1. The molecule has 1 heterocycles. The summed E-state index contributed by atoms with van der Waals surface area (Å²) in [5.41, 5.74) is 2.49. The van der Waals surface area contributed by atoms with Crippen molar-refractivity contribution in [2.24, 2.45) is 0 Å². The van der Waals surface area contributed by atoms with Crippen molar-refractivity contribution < 1.29 is 17.9 Å². The summed E-state index contributed by atoms with van der Waals surface area (Å²) < 4.78 is 40.7. The molecular weight excluding hydrogens is 428 g/mol. The highest BCUT2D eigenvalue weighted by Crippen LogP contribution is 2.37. The Morgan fingerprint density at radius 1 is 0.875 bits per heavy atom. The third kappa shape index (κ3) is 4.42. The van der Waals surface area contributed by atoms with Crippen molar-refractivity contribution in [3.8, 4) is 11.5 Å². The Hall–Kier alpha value is -3.85. The summed E-state index contributed by atoms with van der Waals surface area (Å²) >= 11 is 0. The van der Waals surface area contributed by atoms with Crippen molar-refractivity contribution in [3.05, 3.63) is 77.0 Å². The molecule has 1 aromatic heterocycles. The molecule has 0 aliphatic carbocycles. The monoisotopic (exact) mass is 449 g/mol. The number of rotatable bonds is 7. The lowest BCUT2D eigenvalue weighted by Crippen LogP contribution is -2.03. The van der Waals surface area contributed by atoms with Crippen LogP contribution < -0.4 is 14.8 Å². The van der Waals surface area contributed by atoms with E-state index in [0.29, 0.717) is 28.2 Å². The van der Waals surface area contributed by atoms with Gasteiger partial charge in [-0.15, -0.1) is 0 Å². The molecule has 0 spiro atoms. The van der Waals surface area contributed by atoms with Crippen molar-refractivity contribution in [2.45, 2.75) is 11.8 Å². The Kier molecular flexibility index (Phi) is 5.83. The molecule has 0 radical (unpaired) electrons. The van der Waals surface area contributed by atoms with Gasteiger partial charge in [-0.2, -0.15) is 0 Å². The van der Waals surface area contributed by atoms with Gasteiger partial charge in [0.25, 0.3) is 0 Å². The van der Waals surface area contributed by atoms with Gasteiger partial charge in [-0.1, -0.05) is 30.3 Å². The lowest BCUT2D eigenvalue weighted by atomic mass is 10.2. The van der Waals surface area contributed by atoms with Crippen LogP contribution in [-0.4, -0.2) is 32.6 Å². The molecular formula is C23H21N4O4S-. The molecule has 0 aliphatic heterocycles. The van der Waals surface area contributed by atoms with Gasteiger partial charge in [-0.25, -0.2) is 13.4 Å². The van der Waals surface area contributed by atoms with Gasteiger partial charge in [-0.3, -0.25) is 0 Å². The van der Waals surface area contributed by atoms with Crippen molar-refractivity contribution in [1.82, 2.24) is 9.97 Å². The molecule has 0 amide bonds. The normalized spacial score (nSPS) is 11.2. The number of fused-ring (bicyclic) bond motifs is 1. The average molecular weight is 450 g/mol. The van der Waals surface area contributed by atoms with E-state index >= 15 is 0 Å². The topological polar surface area (TPSA) is 105 Å². The Morgan fingerprint density at radius 3 is 2.31 bits per heavy atom. The van der Waals surface area contributed by atoms with Crippen LogP contribution in [0.15, 0.2) is 71.6 Å².